The molecule has 1 N–H and O–H groups in total. The molecule has 3 saturated carbocycles. The van der Waals surface area contributed by atoms with Gasteiger partial charge in [-0.3, -0.25) is 4.90 Å². The van der Waals surface area contributed by atoms with Crippen molar-refractivity contribution in [3.8, 4) is 0 Å². The van der Waals surface area contributed by atoms with Gasteiger partial charge in [-0.05, 0) is 56.8 Å². The Morgan fingerprint density at radius 1 is 1.00 bits per heavy atom. The molecular formula is C15H27NO. The van der Waals surface area contributed by atoms with Crippen molar-refractivity contribution in [2.75, 3.05) is 6.54 Å². The number of aliphatic hydroxyl groups excluding tert-OH is 1. The Kier molecular flexibility index (Phi) is 3.45. The van der Waals surface area contributed by atoms with Gasteiger partial charge in [0.1, 0.15) is 0 Å². The van der Waals surface area contributed by atoms with Crippen LogP contribution in [0.2, 0.25) is 0 Å². The first kappa shape index (κ1) is 12.0. The highest BCUT2D eigenvalue weighted by molar-refractivity contribution is 4.96. The quantitative estimate of drug-likeness (QED) is 0.795. The van der Waals surface area contributed by atoms with E-state index in [9.17, 15) is 5.11 Å². The lowest BCUT2D eigenvalue weighted by molar-refractivity contribution is -0.00366. The molecule has 2 heteroatoms. The minimum absolute atomic E-state index is 0.0443. The molecule has 98 valence electrons. The summed E-state index contributed by atoms with van der Waals surface area (Å²) < 4.78 is 0. The van der Waals surface area contributed by atoms with Gasteiger partial charge in [-0.1, -0.05) is 13.3 Å². The molecule has 3 aliphatic rings. The van der Waals surface area contributed by atoms with Crippen molar-refractivity contribution < 1.29 is 5.11 Å². The third-order valence-corrected chi connectivity index (χ3v) is 5.07. The molecule has 3 rings (SSSR count). The second-order valence-corrected chi connectivity index (χ2v) is 6.59. The van der Waals surface area contributed by atoms with Crippen LogP contribution in [0.1, 0.15) is 58.3 Å². The van der Waals surface area contributed by atoms with Crippen LogP contribution >= 0.6 is 0 Å². The summed E-state index contributed by atoms with van der Waals surface area (Å²) >= 11 is 0. The van der Waals surface area contributed by atoms with Crippen LogP contribution in [0.5, 0.6) is 0 Å². The van der Waals surface area contributed by atoms with Gasteiger partial charge in [-0.2, -0.15) is 0 Å². The fourth-order valence-electron chi connectivity index (χ4n) is 3.50. The average molecular weight is 237 g/mol. The third-order valence-electron chi connectivity index (χ3n) is 5.07. The summed E-state index contributed by atoms with van der Waals surface area (Å²) in [6.07, 6.45) is 10.4. The first-order valence-electron chi connectivity index (χ1n) is 7.71. The molecule has 0 bridgehead atoms. The molecule has 0 radical (unpaired) electrons. The molecule has 3 fully saturated rings. The van der Waals surface area contributed by atoms with Crippen molar-refractivity contribution in [1.82, 2.24) is 4.90 Å². The van der Waals surface area contributed by atoms with Crippen LogP contribution in [0.25, 0.3) is 0 Å². The molecule has 2 nitrogen and oxygen atoms in total. The number of nitrogens with zero attached hydrogens (tertiary/aromatic N) is 1. The SMILES string of the molecule is CCC1CCC(O)C(N(CC2CC2)C2CC2)C1. The Morgan fingerprint density at radius 3 is 2.29 bits per heavy atom. The van der Waals surface area contributed by atoms with Gasteiger partial charge in [0.25, 0.3) is 0 Å². The largest absolute Gasteiger partial charge is 0.391 e. The Hall–Kier alpha value is -0.0800. The zero-order valence-corrected chi connectivity index (χ0v) is 11.1. The summed E-state index contributed by atoms with van der Waals surface area (Å²) in [5.74, 6) is 1.83. The topological polar surface area (TPSA) is 23.5 Å². The fourth-order valence-corrected chi connectivity index (χ4v) is 3.50. The summed E-state index contributed by atoms with van der Waals surface area (Å²) in [6.45, 7) is 3.59. The molecule has 0 heterocycles. The second-order valence-electron chi connectivity index (χ2n) is 6.59. The van der Waals surface area contributed by atoms with Gasteiger partial charge in [0.15, 0.2) is 0 Å². The molecule has 3 atom stereocenters. The number of hydrogen-bond acceptors (Lipinski definition) is 2. The summed E-state index contributed by atoms with van der Waals surface area (Å²) in [5, 5.41) is 10.3. The zero-order valence-electron chi connectivity index (χ0n) is 11.1. The van der Waals surface area contributed by atoms with E-state index in [0.717, 1.165) is 24.3 Å². The van der Waals surface area contributed by atoms with Crippen LogP contribution in [0.3, 0.4) is 0 Å². The lowest BCUT2D eigenvalue weighted by Crippen LogP contribution is -2.49. The summed E-state index contributed by atoms with van der Waals surface area (Å²) in [7, 11) is 0. The fraction of sp³-hybridized carbons (Fsp3) is 1.00. The molecule has 0 aromatic carbocycles. The normalized spacial score (nSPS) is 38.6. The summed E-state index contributed by atoms with van der Waals surface area (Å²) in [5.41, 5.74) is 0. The molecule has 0 aromatic heterocycles. The van der Waals surface area contributed by atoms with Crippen molar-refractivity contribution in [2.45, 2.75) is 76.5 Å². The molecule has 0 aromatic rings. The Bertz CT molecular complexity index is 260. The lowest BCUT2D eigenvalue weighted by atomic mass is 9.81. The van der Waals surface area contributed by atoms with Crippen molar-refractivity contribution in [1.29, 1.82) is 0 Å². The Morgan fingerprint density at radius 2 is 1.71 bits per heavy atom. The van der Waals surface area contributed by atoms with Crippen LogP contribution in [0.15, 0.2) is 0 Å². The minimum atomic E-state index is -0.0443. The van der Waals surface area contributed by atoms with Crippen molar-refractivity contribution >= 4 is 0 Å². The standard InChI is InChI=1S/C15H27NO/c1-2-11-5-8-15(17)14(9-11)16(13-6-7-13)10-12-3-4-12/h11-15,17H,2-10H2,1H3. The van der Waals surface area contributed by atoms with Gasteiger partial charge in [-0.25, -0.2) is 0 Å². The number of aliphatic hydroxyl groups is 1. The predicted molar refractivity (Wildman–Crippen MR) is 69.9 cm³/mol. The first-order valence-corrected chi connectivity index (χ1v) is 7.71. The van der Waals surface area contributed by atoms with Gasteiger partial charge in [0.2, 0.25) is 0 Å². The molecule has 0 aliphatic heterocycles. The van der Waals surface area contributed by atoms with E-state index in [1.54, 1.807) is 0 Å². The lowest BCUT2D eigenvalue weighted by Gasteiger charge is -2.41. The molecular weight excluding hydrogens is 210 g/mol. The maximum Gasteiger partial charge on any atom is 0.0695 e. The van der Waals surface area contributed by atoms with Crippen LogP contribution in [-0.4, -0.2) is 34.7 Å². The van der Waals surface area contributed by atoms with E-state index in [1.807, 2.05) is 0 Å². The van der Waals surface area contributed by atoms with Gasteiger partial charge in [-0.15, -0.1) is 0 Å². The maximum absolute atomic E-state index is 10.3. The van der Waals surface area contributed by atoms with Crippen LogP contribution in [0.4, 0.5) is 0 Å². The summed E-state index contributed by atoms with van der Waals surface area (Å²) in [4.78, 5) is 2.70. The highest BCUT2D eigenvalue weighted by Crippen LogP contribution is 2.40. The maximum atomic E-state index is 10.3. The summed E-state index contributed by atoms with van der Waals surface area (Å²) in [6, 6.07) is 1.31. The van der Waals surface area contributed by atoms with Crippen LogP contribution in [-0.2, 0) is 0 Å². The molecule has 0 spiro atoms. The van der Waals surface area contributed by atoms with Gasteiger partial charge < -0.3 is 5.11 Å². The van der Waals surface area contributed by atoms with E-state index >= 15 is 0 Å². The van der Waals surface area contributed by atoms with Gasteiger partial charge in [0.05, 0.1) is 6.10 Å². The van der Waals surface area contributed by atoms with E-state index in [0.29, 0.717) is 6.04 Å². The van der Waals surface area contributed by atoms with E-state index in [2.05, 4.69) is 11.8 Å². The smallest absolute Gasteiger partial charge is 0.0695 e. The highest BCUT2D eigenvalue weighted by Gasteiger charge is 2.41. The Labute approximate surface area is 105 Å². The van der Waals surface area contributed by atoms with E-state index in [-0.39, 0.29) is 6.10 Å². The molecule has 0 saturated heterocycles. The molecule has 17 heavy (non-hydrogen) atoms. The predicted octanol–water partition coefficient (Wildman–Crippen LogP) is 2.80. The molecule has 3 aliphatic carbocycles. The average Bonchev–Trinajstić information content (AvgIpc) is 3.19. The highest BCUT2D eigenvalue weighted by atomic mass is 16.3. The van der Waals surface area contributed by atoms with Crippen molar-refractivity contribution in [2.24, 2.45) is 11.8 Å². The minimum Gasteiger partial charge on any atom is -0.391 e. The monoisotopic (exact) mass is 237 g/mol. The van der Waals surface area contributed by atoms with Crippen LogP contribution < -0.4 is 0 Å². The first-order chi connectivity index (χ1) is 8.28. The van der Waals surface area contributed by atoms with E-state index in [4.69, 9.17) is 0 Å². The number of rotatable bonds is 5. The second kappa shape index (κ2) is 4.89. The van der Waals surface area contributed by atoms with Crippen molar-refractivity contribution in [3.05, 3.63) is 0 Å². The van der Waals surface area contributed by atoms with Crippen molar-refractivity contribution in [3.63, 3.8) is 0 Å². The van der Waals surface area contributed by atoms with E-state index in [1.165, 1.54) is 51.5 Å². The van der Waals surface area contributed by atoms with E-state index < -0.39 is 0 Å². The molecule has 0 amide bonds. The van der Waals surface area contributed by atoms with Crippen LogP contribution in [0, 0.1) is 11.8 Å². The van der Waals surface area contributed by atoms with Gasteiger partial charge in [0, 0.05) is 18.6 Å². The van der Waals surface area contributed by atoms with Gasteiger partial charge >= 0.3 is 0 Å². The zero-order chi connectivity index (χ0) is 11.8. The number of hydrogen-bond donors (Lipinski definition) is 1. The third kappa shape index (κ3) is 2.85. The molecule has 3 unspecified atom stereocenters. The Balaban J connectivity index is 1.64.